The summed E-state index contributed by atoms with van der Waals surface area (Å²) in [7, 11) is 0. The molecule has 2 nitrogen and oxygen atoms in total. The highest BCUT2D eigenvalue weighted by Gasteiger charge is 2.26. The third-order valence-corrected chi connectivity index (χ3v) is 5.01. The van der Waals surface area contributed by atoms with Crippen molar-refractivity contribution in [1.29, 1.82) is 5.26 Å². The van der Waals surface area contributed by atoms with Crippen LogP contribution in [0.5, 0.6) is 0 Å². The number of halogens is 1. The summed E-state index contributed by atoms with van der Waals surface area (Å²) in [5.74, 6) is 2.47. The Bertz CT molecular complexity index is 1020. The normalized spacial score (nSPS) is 10.5. The quantitative estimate of drug-likeness (QED) is 0.442. The van der Waals surface area contributed by atoms with Crippen molar-refractivity contribution >= 4 is 32.6 Å². The van der Waals surface area contributed by atoms with Crippen LogP contribution in [0.15, 0.2) is 70.7 Å². The van der Waals surface area contributed by atoms with Gasteiger partial charge in [0.1, 0.15) is 17.6 Å². The summed E-state index contributed by atoms with van der Waals surface area (Å²) >= 11 is 3.59. The van der Waals surface area contributed by atoms with Crippen molar-refractivity contribution in [3.63, 3.8) is 0 Å². The van der Waals surface area contributed by atoms with Crippen molar-refractivity contribution in [2.45, 2.75) is 13.3 Å². The van der Waals surface area contributed by atoms with E-state index in [1.54, 1.807) is 0 Å². The molecule has 1 radical (unpaired) electrons. The molecule has 0 saturated heterocycles. The van der Waals surface area contributed by atoms with Crippen LogP contribution in [-0.2, 0) is 11.2 Å². The Kier molecular flexibility index (Phi) is 5.14. The number of carbonyl (C=O) groups excluding carboxylic acids is 1. The van der Waals surface area contributed by atoms with Gasteiger partial charge in [-0.05, 0) is 39.9 Å². The molecule has 3 rings (SSSR count). The molecule has 3 heteroatoms. The molecule has 25 heavy (non-hydrogen) atoms. The first-order chi connectivity index (χ1) is 12.2. The van der Waals surface area contributed by atoms with Gasteiger partial charge in [0.25, 0.3) is 0 Å². The molecule has 0 saturated carbocycles. The first-order valence-electron chi connectivity index (χ1n) is 7.99. The molecule has 0 aliphatic carbocycles. The maximum absolute atomic E-state index is 11.5. The molecule has 0 atom stereocenters. The maximum atomic E-state index is 11.5. The summed E-state index contributed by atoms with van der Waals surface area (Å²) in [5, 5.41) is 11.6. The molecule has 3 aromatic carbocycles. The van der Waals surface area contributed by atoms with Crippen LogP contribution in [0.3, 0.4) is 0 Å². The molecule has 0 bridgehead atoms. The third kappa shape index (κ3) is 3.15. The first-order valence-corrected chi connectivity index (χ1v) is 8.79. The van der Waals surface area contributed by atoms with Crippen molar-refractivity contribution in [3.05, 3.63) is 93.3 Å². The van der Waals surface area contributed by atoms with Gasteiger partial charge in [-0.15, -0.1) is 0 Å². The molecule has 0 fully saturated rings. The van der Waals surface area contributed by atoms with Gasteiger partial charge >= 0.3 is 0 Å². The van der Waals surface area contributed by atoms with E-state index < -0.39 is 0 Å². The molecule has 0 aliphatic heterocycles. The zero-order chi connectivity index (χ0) is 17.8. The van der Waals surface area contributed by atoms with Gasteiger partial charge in [-0.25, -0.2) is 4.79 Å². The fourth-order valence-electron chi connectivity index (χ4n) is 3.14. The second-order valence-corrected chi connectivity index (χ2v) is 6.46. The van der Waals surface area contributed by atoms with Gasteiger partial charge in [-0.1, -0.05) is 77.5 Å². The van der Waals surface area contributed by atoms with E-state index in [0.717, 1.165) is 38.4 Å². The van der Waals surface area contributed by atoms with E-state index in [9.17, 15) is 10.1 Å². The number of rotatable bonds is 4. The van der Waals surface area contributed by atoms with Crippen LogP contribution in [-0.4, -0.2) is 5.94 Å². The number of nitriles is 1. The van der Waals surface area contributed by atoms with Crippen molar-refractivity contribution in [2.24, 2.45) is 0 Å². The lowest BCUT2D eigenvalue weighted by atomic mass is 9.81. The van der Waals surface area contributed by atoms with Crippen LogP contribution >= 0.6 is 15.9 Å². The highest BCUT2D eigenvalue weighted by atomic mass is 79.9. The molecule has 0 aromatic heterocycles. The van der Waals surface area contributed by atoms with Gasteiger partial charge in [0.15, 0.2) is 0 Å². The van der Waals surface area contributed by atoms with Gasteiger partial charge in [-0.3, -0.25) is 0 Å². The fourth-order valence-corrected chi connectivity index (χ4v) is 3.79. The molecular formula is C22H15BrNO. The Morgan fingerprint density at radius 1 is 1.00 bits per heavy atom. The van der Waals surface area contributed by atoms with Crippen molar-refractivity contribution in [1.82, 2.24) is 0 Å². The van der Waals surface area contributed by atoms with Crippen LogP contribution in [0.4, 0.5) is 0 Å². The SMILES string of the molecule is CCc1c(Br)cccc1[C](C(=C=O)C#N)c1cccc2ccccc12. The Morgan fingerprint density at radius 3 is 2.40 bits per heavy atom. The lowest BCUT2D eigenvalue weighted by Crippen LogP contribution is -2.09. The molecule has 0 N–H and O–H groups in total. The minimum Gasteiger partial charge on any atom is -0.232 e. The number of nitrogens with zero attached hydrogens (tertiary/aromatic N) is 1. The molecule has 0 heterocycles. The largest absolute Gasteiger partial charge is 0.232 e. The minimum atomic E-state index is 0.0177. The average molecular weight is 389 g/mol. The average Bonchev–Trinajstić information content (AvgIpc) is 2.65. The zero-order valence-corrected chi connectivity index (χ0v) is 15.3. The monoisotopic (exact) mass is 388 g/mol. The van der Waals surface area contributed by atoms with Crippen LogP contribution in [0.1, 0.15) is 23.6 Å². The van der Waals surface area contributed by atoms with E-state index in [0.29, 0.717) is 5.92 Å². The van der Waals surface area contributed by atoms with Crippen molar-refractivity contribution < 1.29 is 4.79 Å². The zero-order valence-electron chi connectivity index (χ0n) is 13.7. The number of hydrogen-bond donors (Lipinski definition) is 0. The van der Waals surface area contributed by atoms with Gasteiger partial charge in [0, 0.05) is 4.47 Å². The Balaban J connectivity index is 2.37. The molecule has 0 spiro atoms. The van der Waals surface area contributed by atoms with Gasteiger partial charge in [0.05, 0.1) is 5.92 Å². The van der Waals surface area contributed by atoms with Crippen LogP contribution in [0, 0.1) is 17.2 Å². The predicted octanol–water partition coefficient (Wildman–Crippen LogP) is 5.42. The first kappa shape index (κ1) is 17.2. The summed E-state index contributed by atoms with van der Waals surface area (Å²) < 4.78 is 0.966. The molecule has 0 amide bonds. The molecule has 3 aromatic rings. The number of hydrogen-bond acceptors (Lipinski definition) is 2. The molecular weight excluding hydrogens is 374 g/mol. The van der Waals surface area contributed by atoms with E-state index in [4.69, 9.17) is 0 Å². The van der Waals surface area contributed by atoms with Gasteiger partial charge in [0.2, 0.25) is 0 Å². The van der Waals surface area contributed by atoms with E-state index >= 15 is 0 Å². The van der Waals surface area contributed by atoms with Gasteiger partial charge in [-0.2, -0.15) is 5.26 Å². The van der Waals surface area contributed by atoms with E-state index in [1.165, 1.54) is 0 Å². The van der Waals surface area contributed by atoms with E-state index in [2.05, 4.69) is 22.9 Å². The standard InChI is InChI=1S/C22H15BrNO/c1-2-17-19(11-6-12-21(17)23)22(16(13-24)14-25)20-10-5-8-15-7-3-4-9-18(15)20/h3-12H,2H2,1H3. The fraction of sp³-hybridized carbons (Fsp3) is 0.0909. The Hall–Kier alpha value is -2.66. The highest BCUT2D eigenvalue weighted by Crippen LogP contribution is 2.37. The smallest absolute Gasteiger partial charge is 0.140 e. The summed E-state index contributed by atoms with van der Waals surface area (Å²) in [4.78, 5) is 11.5. The minimum absolute atomic E-state index is 0.0177. The summed E-state index contributed by atoms with van der Waals surface area (Å²) in [6.07, 6.45) is 0.780. The molecule has 0 unspecified atom stereocenters. The predicted molar refractivity (Wildman–Crippen MR) is 104 cm³/mol. The topological polar surface area (TPSA) is 40.9 Å². The molecule has 0 aliphatic rings. The molecule has 121 valence electrons. The van der Waals surface area contributed by atoms with Crippen molar-refractivity contribution in [2.75, 3.05) is 0 Å². The van der Waals surface area contributed by atoms with E-state index in [-0.39, 0.29) is 5.57 Å². The van der Waals surface area contributed by atoms with Crippen LogP contribution in [0.25, 0.3) is 10.8 Å². The lowest BCUT2D eigenvalue weighted by molar-refractivity contribution is 0.567. The number of allylic oxidation sites excluding steroid dienone is 1. The van der Waals surface area contributed by atoms with E-state index in [1.807, 2.05) is 72.7 Å². The third-order valence-electron chi connectivity index (χ3n) is 4.26. The number of fused-ring (bicyclic) bond motifs is 1. The number of benzene rings is 3. The van der Waals surface area contributed by atoms with Crippen molar-refractivity contribution in [3.8, 4) is 6.07 Å². The summed E-state index contributed by atoms with van der Waals surface area (Å²) in [6, 6.07) is 21.8. The second-order valence-electron chi connectivity index (χ2n) is 5.61. The Labute approximate surface area is 155 Å². The second kappa shape index (κ2) is 7.49. The maximum Gasteiger partial charge on any atom is 0.140 e. The summed E-state index contributed by atoms with van der Waals surface area (Å²) in [5.41, 5.74) is 2.83. The van der Waals surface area contributed by atoms with Gasteiger partial charge < -0.3 is 0 Å². The summed E-state index contributed by atoms with van der Waals surface area (Å²) in [6.45, 7) is 2.06. The van der Waals surface area contributed by atoms with Crippen LogP contribution < -0.4 is 0 Å². The highest BCUT2D eigenvalue weighted by molar-refractivity contribution is 9.10. The van der Waals surface area contributed by atoms with Crippen LogP contribution in [0.2, 0.25) is 0 Å². The Morgan fingerprint density at radius 2 is 1.68 bits per heavy atom. The lowest BCUT2D eigenvalue weighted by Gasteiger charge is -2.20.